The van der Waals surface area contributed by atoms with Crippen LogP contribution in [-0.4, -0.2) is 19.9 Å². The van der Waals surface area contributed by atoms with Gasteiger partial charge < -0.3 is 0 Å². The summed E-state index contributed by atoms with van der Waals surface area (Å²) in [5, 5.41) is 9.11. The molecule has 1 aliphatic carbocycles. The van der Waals surface area contributed by atoms with Gasteiger partial charge in [0.25, 0.3) is 0 Å². The van der Waals surface area contributed by atoms with E-state index in [4.69, 9.17) is 24.4 Å². The number of nitrogens with zero attached hydrogens (tertiary/aromatic N) is 3. The van der Waals surface area contributed by atoms with Gasteiger partial charge in [0.15, 0.2) is 5.11 Å². The Labute approximate surface area is 141 Å². The maximum Gasteiger partial charge on any atom is 0.239 e. The molecule has 2 atom stereocenters. The van der Waals surface area contributed by atoms with Crippen LogP contribution in [-0.2, 0) is 12.8 Å². The van der Waals surface area contributed by atoms with E-state index in [9.17, 15) is 0 Å². The van der Waals surface area contributed by atoms with Gasteiger partial charge in [-0.1, -0.05) is 6.92 Å². The zero-order chi connectivity index (χ0) is 15.0. The van der Waals surface area contributed by atoms with Crippen molar-refractivity contribution in [1.29, 1.82) is 0 Å². The third-order valence-electron chi connectivity index (χ3n) is 4.67. The summed E-state index contributed by atoms with van der Waals surface area (Å²) < 4.78 is 2.64. The molecule has 1 fully saturated rings. The Kier molecular flexibility index (Phi) is 2.62. The minimum absolute atomic E-state index is 0.00797. The van der Waals surface area contributed by atoms with E-state index < -0.39 is 0 Å². The van der Waals surface area contributed by atoms with Crippen LogP contribution in [0.3, 0.4) is 0 Å². The van der Waals surface area contributed by atoms with E-state index in [1.165, 1.54) is 27.4 Å². The fourth-order valence-electron chi connectivity index (χ4n) is 3.62. The number of thiocarbonyl (C=S) groups is 1. The monoisotopic (exact) mass is 350 g/mol. The lowest BCUT2D eigenvalue weighted by molar-refractivity contribution is 0.497. The number of nitrogens with one attached hydrogen (secondary N) is 3. The summed E-state index contributed by atoms with van der Waals surface area (Å²) in [6, 6.07) is 0. The minimum Gasteiger partial charge on any atom is -0.295 e. The molecule has 0 amide bonds. The molecule has 2 aliphatic heterocycles. The number of aromatic nitrogens is 3. The fourth-order valence-corrected chi connectivity index (χ4v) is 5.69. The molecule has 0 aromatic carbocycles. The van der Waals surface area contributed by atoms with E-state index in [1.54, 1.807) is 0 Å². The molecule has 5 rings (SSSR count). The van der Waals surface area contributed by atoms with Crippen LogP contribution in [0, 0.1) is 10.7 Å². The van der Waals surface area contributed by atoms with E-state index in [2.05, 4.69) is 28.0 Å². The second-order valence-corrected chi connectivity index (χ2v) is 7.94. The quantitative estimate of drug-likeness (QED) is 0.634. The summed E-state index contributed by atoms with van der Waals surface area (Å²) in [5.41, 5.74) is 9.15. The Morgan fingerprint density at radius 3 is 3.09 bits per heavy atom. The van der Waals surface area contributed by atoms with Crippen LogP contribution in [0.2, 0.25) is 0 Å². The van der Waals surface area contributed by atoms with Crippen molar-refractivity contribution in [1.82, 2.24) is 25.6 Å². The van der Waals surface area contributed by atoms with Crippen LogP contribution in [0.25, 0.3) is 5.00 Å². The van der Waals surface area contributed by atoms with Crippen molar-refractivity contribution >= 4 is 46.8 Å². The molecule has 22 heavy (non-hydrogen) atoms. The second kappa shape index (κ2) is 4.38. The molecule has 2 aromatic rings. The summed E-state index contributed by atoms with van der Waals surface area (Å²) in [5.74, 6) is 1.51. The predicted molar refractivity (Wildman–Crippen MR) is 91.9 cm³/mol. The van der Waals surface area contributed by atoms with Crippen molar-refractivity contribution in [3.63, 3.8) is 0 Å². The lowest BCUT2D eigenvalue weighted by Crippen LogP contribution is -2.36. The van der Waals surface area contributed by atoms with Crippen molar-refractivity contribution in [2.24, 2.45) is 5.92 Å². The highest BCUT2D eigenvalue weighted by atomic mass is 32.1. The molecule has 3 aliphatic rings. The van der Waals surface area contributed by atoms with Crippen molar-refractivity contribution in [2.45, 2.75) is 32.4 Å². The maximum atomic E-state index is 5.45. The topological polar surface area (TPSA) is 60.9 Å². The standard InChI is InChI=1S/C13H14N6S3/c1-5-2-3-6-7(4-5)22-10-8(6)9-14-16-12(20)18(9)11-15-17-13(21)19(10)11/h5,9,14H,2-4H2,1H3,(H,16,20)(H,17,21)/t5-,9?/m1/s1. The van der Waals surface area contributed by atoms with Crippen LogP contribution in [0.1, 0.15) is 35.5 Å². The Hall–Kier alpha value is -1.29. The van der Waals surface area contributed by atoms with E-state index in [1.807, 2.05) is 20.8 Å². The average molecular weight is 350 g/mol. The molecule has 0 radical (unpaired) electrons. The van der Waals surface area contributed by atoms with Crippen LogP contribution in [0.4, 0.5) is 5.95 Å². The van der Waals surface area contributed by atoms with Gasteiger partial charge in [-0.3, -0.25) is 10.3 Å². The summed E-state index contributed by atoms with van der Waals surface area (Å²) >= 11 is 12.7. The molecular formula is C13H14N6S3. The lowest BCUT2D eigenvalue weighted by atomic mass is 9.87. The van der Waals surface area contributed by atoms with E-state index in [0.29, 0.717) is 9.88 Å². The van der Waals surface area contributed by atoms with E-state index in [-0.39, 0.29) is 6.17 Å². The average Bonchev–Trinajstić information content (AvgIpc) is 3.14. The Balaban J connectivity index is 1.82. The smallest absolute Gasteiger partial charge is 0.239 e. The number of hydrazine groups is 1. The van der Waals surface area contributed by atoms with E-state index >= 15 is 0 Å². The van der Waals surface area contributed by atoms with E-state index in [0.717, 1.165) is 24.7 Å². The Morgan fingerprint density at radius 1 is 1.36 bits per heavy atom. The van der Waals surface area contributed by atoms with Crippen molar-refractivity contribution in [3.05, 3.63) is 20.8 Å². The highest BCUT2D eigenvalue weighted by Gasteiger charge is 2.43. The number of aromatic amines is 1. The van der Waals surface area contributed by atoms with Crippen LogP contribution < -0.4 is 15.8 Å². The number of hydrogen-bond acceptors (Lipinski definition) is 5. The highest BCUT2D eigenvalue weighted by molar-refractivity contribution is 7.80. The molecule has 1 unspecified atom stereocenters. The summed E-state index contributed by atoms with van der Waals surface area (Å²) in [6.45, 7) is 2.33. The van der Waals surface area contributed by atoms with Gasteiger partial charge in [0.05, 0.1) is 0 Å². The van der Waals surface area contributed by atoms with Gasteiger partial charge in [-0.05, 0) is 55.2 Å². The number of thiophene rings is 1. The largest absolute Gasteiger partial charge is 0.295 e. The van der Waals surface area contributed by atoms with Crippen molar-refractivity contribution < 1.29 is 0 Å². The van der Waals surface area contributed by atoms with Crippen LogP contribution in [0.15, 0.2) is 0 Å². The zero-order valence-corrected chi connectivity index (χ0v) is 14.3. The number of hydrogen-bond donors (Lipinski definition) is 3. The number of rotatable bonds is 0. The van der Waals surface area contributed by atoms with Crippen LogP contribution in [0.5, 0.6) is 0 Å². The molecule has 9 heteroatoms. The summed E-state index contributed by atoms with van der Waals surface area (Å²) in [4.78, 5) is 3.49. The maximum absolute atomic E-state index is 5.45. The normalized spacial score (nSPS) is 25.3. The van der Waals surface area contributed by atoms with Crippen LogP contribution >= 0.6 is 35.8 Å². The third kappa shape index (κ3) is 1.54. The van der Waals surface area contributed by atoms with Gasteiger partial charge >= 0.3 is 0 Å². The van der Waals surface area contributed by atoms with Gasteiger partial charge in [-0.2, -0.15) is 0 Å². The number of fused-ring (bicyclic) bond motifs is 8. The molecule has 0 saturated carbocycles. The molecule has 114 valence electrons. The Morgan fingerprint density at radius 2 is 2.23 bits per heavy atom. The second-order valence-electron chi connectivity index (χ2n) is 6.08. The van der Waals surface area contributed by atoms with Crippen molar-refractivity contribution in [3.8, 4) is 5.00 Å². The SMILES string of the molecule is C[C@@H]1CCc2c(sc3c2C2NNC(=S)N2c2n[nH]c(=S)n2-3)C1. The first kappa shape index (κ1) is 13.2. The molecule has 1 saturated heterocycles. The van der Waals surface area contributed by atoms with Gasteiger partial charge in [0, 0.05) is 10.4 Å². The predicted octanol–water partition coefficient (Wildman–Crippen LogP) is 2.33. The molecule has 0 bridgehead atoms. The zero-order valence-electron chi connectivity index (χ0n) is 11.8. The summed E-state index contributed by atoms with van der Waals surface area (Å²) in [6.07, 6.45) is 3.53. The van der Waals surface area contributed by atoms with Gasteiger partial charge in [-0.15, -0.1) is 16.4 Å². The number of H-pyrrole nitrogens is 1. The van der Waals surface area contributed by atoms with Crippen molar-refractivity contribution in [2.75, 3.05) is 4.90 Å². The third-order valence-corrected chi connectivity index (χ3v) is 6.50. The van der Waals surface area contributed by atoms with Gasteiger partial charge in [-0.25, -0.2) is 15.1 Å². The van der Waals surface area contributed by atoms with Gasteiger partial charge in [0.1, 0.15) is 11.2 Å². The first-order valence-electron chi connectivity index (χ1n) is 7.32. The first-order chi connectivity index (χ1) is 10.6. The molecule has 6 nitrogen and oxygen atoms in total. The summed E-state index contributed by atoms with van der Waals surface area (Å²) in [7, 11) is 0. The molecule has 0 spiro atoms. The lowest BCUT2D eigenvalue weighted by Gasteiger charge is -2.30. The Bertz CT molecular complexity index is 862. The molecule has 2 aromatic heterocycles. The highest BCUT2D eigenvalue weighted by Crippen LogP contribution is 2.47. The van der Waals surface area contributed by atoms with Gasteiger partial charge in [0.2, 0.25) is 10.7 Å². The molecule has 4 heterocycles. The molecule has 3 N–H and O–H groups in total. The minimum atomic E-state index is 0.00797. The molecular weight excluding hydrogens is 336 g/mol. The number of anilines is 1. The fraction of sp³-hybridized carbons (Fsp3) is 0.462. The first-order valence-corrected chi connectivity index (χ1v) is 8.95.